The summed E-state index contributed by atoms with van der Waals surface area (Å²) in [4.78, 5) is 10.3. The number of nitrogens with zero attached hydrogens (tertiary/aromatic N) is 3. The van der Waals surface area contributed by atoms with Gasteiger partial charge in [0.1, 0.15) is 12.1 Å². The fourth-order valence-electron chi connectivity index (χ4n) is 1.47. The molecule has 5 heteroatoms. The van der Waals surface area contributed by atoms with Gasteiger partial charge in [-0.15, -0.1) is 0 Å². The Kier molecular flexibility index (Phi) is 2.98. The summed E-state index contributed by atoms with van der Waals surface area (Å²) in [5.74, 6) is 0.886. The predicted octanol–water partition coefficient (Wildman–Crippen LogP) is 1.20. The van der Waals surface area contributed by atoms with Crippen LogP contribution in [0.4, 0.5) is 5.82 Å². The molecule has 4 nitrogen and oxygen atoms in total. The maximum absolute atomic E-state index is 8.97. The molecular formula is C9H12BrN3O. The molecule has 1 saturated carbocycles. The first-order valence-corrected chi connectivity index (χ1v) is 5.45. The van der Waals surface area contributed by atoms with Crippen LogP contribution in [0.1, 0.15) is 12.8 Å². The number of hydrogen-bond donors (Lipinski definition) is 1. The van der Waals surface area contributed by atoms with Crippen molar-refractivity contribution in [3.8, 4) is 0 Å². The summed E-state index contributed by atoms with van der Waals surface area (Å²) < 4.78 is 0.889. The maximum Gasteiger partial charge on any atom is 0.146 e. The highest BCUT2D eigenvalue weighted by molar-refractivity contribution is 9.10. The summed E-state index contributed by atoms with van der Waals surface area (Å²) in [5, 5.41) is 8.97. The highest BCUT2D eigenvalue weighted by atomic mass is 79.9. The van der Waals surface area contributed by atoms with Crippen molar-refractivity contribution in [3.63, 3.8) is 0 Å². The number of anilines is 1. The van der Waals surface area contributed by atoms with Crippen molar-refractivity contribution in [3.05, 3.63) is 17.0 Å². The maximum atomic E-state index is 8.97. The van der Waals surface area contributed by atoms with E-state index in [1.54, 1.807) is 6.20 Å². The van der Waals surface area contributed by atoms with E-state index in [0.29, 0.717) is 12.6 Å². The number of halogens is 1. The average Bonchev–Trinajstić information content (AvgIpc) is 2.99. The van der Waals surface area contributed by atoms with E-state index in [-0.39, 0.29) is 6.61 Å². The van der Waals surface area contributed by atoms with Crippen LogP contribution in [0.5, 0.6) is 0 Å². The van der Waals surface area contributed by atoms with Gasteiger partial charge in [0, 0.05) is 18.8 Å². The highest BCUT2D eigenvalue weighted by Crippen LogP contribution is 2.33. The van der Waals surface area contributed by atoms with Crippen molar-refractivity contribution in [2.45, 2.75) is 18.9 Å². The Bertz CT molecular complexity index is 317. The van der Waals surface area contributed by atoms with Gasteiger partial charge in [0.15, 0.2) is 0 Å². The molecular weight excluding hydrogens is 246 g/mol. The minimum atomic E-state index is 0.160. The number of aliphatic hydroxyl groups is 1. The average molecular weight is 258 g/mol. The first kappa shape index (κ1) is 9.86. The lowest BCUT2D eigenvalue weighted by atomic mass is 10.4. The van der Waals surface area contributed by atoms with E-state index in [2.05, 4.69) is 30.8 Å². The van der Waals surface area contributed by atoms with Crippen molar-refractivity contribution >= 4 is 21.7 Å². The van der Waals surface area contributed by atoms with Crippen molar-refractivity contribution in [2.24, 2.45) is 0 Å². The van der Waals surface area contributed by atoms with E-state index >= 15 is 0 Å². The second kappa shape index (κ2) is 4.23. The molecule has 1 N–H and O–H groups in total. The van der Waals surface area contributed by atoms with Crippen LogP contribution in [0.3, 0.4) is 0 Å². The Balaban J connectivity index is 2.21. The van der Waals surface area contributed by atoms with Crippen LogP contribution in [-0.4, -0.2) is 34.3 Å². The van der Waals surface area contributed by atoms with Crippen molar-refractivity contribution in [1.29, 1.82) is 0 Å². The standard InChI is InChI=1S/C9H12BrN3O/c10-8-5-11-6-12-9(8)13(3-4-14)7-1-2-7/h5-7,14H,1-4H2. The molecule has 76 valence electrons. The molecule has 14 heavy (non-hydrogen) atoms. The van der Waals surface area contributed by atoms with Crippen LogP contribution in [0.15, 0.2) is 17.0 Å². The molecule has 0 amide bonds. The number of hydrogen-bond acceptors (Lipinski definition) is 4. The second-order valence-corrected chi connectivity index (χ2v) is 4.20. The minimum Gasteiger partial charge on any atom is -0.395 e. The van der Waals surface area contributed by atoms with Crippen LogP contribution >= 0.6 is 15.9 Å². The summed E-state index contributed by atoms with van der Waals surface area (Å²) >= 11 is 3.41. The Morgan fingerprint density at radius 3 is 2.93 bits per heavy atom. The summed E-state index contributed by atoms with van der Waals surface area (Å²) in [6.07, 6.45) is 5.65. The summed E-state index contributed by atoms with van der Waals surface area (Å²) in [7, 11) is 0. The zero-order valence-electron chi connectivity index (χ0n) is 7.73. The zero-order valence-corrected chi connectivity index (χ0v) is 9.31. The first-order chi connectivity index (χ1) is 6.83. The van der Waals surface area contributed by atoms with Crippen molar-refractivity contribution < 1.29 is 5.11 Å². The van der Waals surface area contributed by atoms with Gasteiger partial charge in [-0.2, -0.15) is 0 Å². The molecule has 1 aromatic heterocycles. The summed E-state index contributed by atoms with van der Waals surface area (Å²) in [6, 6.07) is 0.549. The summed E-state index contributed by atoms with van der Waals surface area (Å²) in [5.41, 5.74) is 0. The highest BCUT2D eigenvalue weighted by Gasteiger charge is 2.30. The first-order valence-electron chi connectivity index (χ1n) is 4.66. The minimum absolute atomic E-state index is 0.160. The Morgan fingerprint density at radius 1 is 1.57 bits per heavy atom. The third kappa shape index (κ3) is 2.04. The molecule has 1 heterocycles. The third-order valence-electron chi connectivity index (χ3n) is 2.25. The van der Waals surface area contributed by atoms with E-state index in [0.717, 1.165) is 10.3 Å². The molecule has 0 aliphatic heterocycles. The van der Waals surface area contributed by atoms with Gasteiger partial charge in [0.05, 0.1) is 11.1 Å². The Morgan fingerprint density at radius 2 is 2.36 bits per heavy atom. The quantitative estimate of drug-likeness (QED) is 0.881. The van der Waals surface area contributed by atoms with E-state index in [1.807, 2.05) is 0 Å². The van der Waals surface area contributed by atoms with Gasteiger partial charge in [0.2, 0.25) is 0 Å². The van der Waals surface area contributed by atoms with E-state index < -0.39 is 0 Å². The van der Waals surface area contributed by atoms with Crippen LogP contribution < -0.4 is 4.90 Å². The fraction of sp³-hybridized carbons (Fsp3) is 0.556. The lowest BCUT2D eigenvalue weighted by Crippen LogP contribution is -2.30. The van der Waals surface area contributed by atoms with Gasteiger partial charge in [-0.05, 0) is 28.8 Å². The van der Waals surface area contributed by atoms with E-state index in [9.17, 15) is 0 Å². The monoisotopic (exact) mass is 257 g/mol. The fourth-order valence-corrected chi connectivity index (χ4v) is 1.92. The molecule has 1 aromatic rings. The SMILES string of the molecule is OCCN(c1ncncc1Br)C1CC1. The topological polar surface area (TPSA) is 49.2 Å². The lowest BCUT2D eigenvalue weighted by molar-refractivity contribution is 0.301. The second-order valence-electron chi connectivity index (χ2n) is 3.34. The molecule has 0 unspecified atom stereocenters. The van der Waals surface area contributed by atoms with Gasteiger partial charge in [0.25, 0.3) is 0 Å². The van der Waals surface area contributed by atoms with Crippen LogP contribution in [0.2, 0.25) is 0 Å². The smallest absolute Gasteiger partial charge is 0.146 e. The molecule has 0 saturated heterocycles. The van der Waals surface area contributed by atoms with Gasteiger partial charge in [-0.25, -0.2) is 9.97 Å². The van der Waals surface area contributed by atoms with Gasteiger partial charge in [-0.3, -0.25) is 0 Å². The molecule has 1 aliphatic rings. The lowest BCUT2D eigenvalue weighted by Gasteiger charge is -2.22. The molecule has 2 rings (SSSR count). The number of aliphatic hydroxyl groups excluding tert-OH is 1. The number of aromatic nitrogens is 2. The van der Waals surface area contributed by atoms with Gasteiger partial charge >= 0.3 is 0 Å². The van der Waals surface area contributed by atoms with E-state index in [1.165, 1.54) is 19.2 Å². The van der Waals surface area contributed by atoms with Gasteiger partial charge < -0.3 is 10.0 Å². The van der Waals surface area contributed by atoms with Crippen molar-refractivity contribution in [1.82, 2.24) is 9.97 Å². The number of rotatable bonds is 4. The van der Waals surface area contributed by atoms with Crippen LogP contribution in [0.25, 0.3) is 0 Å². The van der Waals surface area contributed by atoms with Crippen molar-refractivity contribution in [2.75, 3.05) is 18.1 Å². The predicted molar refractivity (Wildman–Crippen MR) is 57.2 cm³/mol. The molecule has 0 aromatic carbocycles. The molecule has 1 fully saturated rings. The van der Waals surface area contributed by atoms with Crippen LogP contribution in [-0.2, 0) is 0 Å². The van der Waals surface area contributed by atoms with Crippen LogP contribution in [0, 0.1) is 0 Å². The third-order valence-corrected chi connectivity index (χ3v) is 2.81. The summed E-state index contributed by atoms with van der Waals surface area (Å²) in [6.45, 7) is 0.799. The molecule has 0 spiro atoms. The zero-order chi connectivity index (χ0) is 9.97. The normalized spacial score (nSPS) is 15.6. The Labute approximate surface area is 91.1 Å². The molecule has 0 radical (unpaired) electrons. The van der Waals surface area contributed by atoms with Gasteiger partial charge in [-0.1, -0.05) is 0 Å². The largest absolute Gasteiger partial charge is 0.395 e. The molecule has 0 bridgehead atoms. The van der Waals surface area contributed by atoms with E-state index in [4.69, 9.17) is 5.11 Å². The molecule has 1 aliphatic carbocycles. The Hall–Kier alpha value is -0.680. The molecule has 0 atom stereocenters.